The van der Waals surface area contributed by atoms with Crippen LogP contribution in [0.3, 0.4) is 0 Å². The van der Waals surface area contributed by atoms with Crippen LogP contribution in [0.1, 0.15) is 0 Å². The monoisotopic (exact) mass is 203 g/mol. The average molecular weight is 203 g/mol. The molecule has 0 atom stereocenters. The van der Waals surface area contributed by atoms with Gasteiger partial charge in [-0.2, -0.15) is 0 Å². The van der Waals surface area contributed by atoms with Gasteiger partial charge < -0.3 is 4.90 Å². The van der Waals surface area contributed by atoms with Gasteiger partial charge in [0.2, 0.25) is 0 Å². The van der Waals surface area contributed by atoms with Crippen LogP contribution in [-0.4, -0.2) is 23.3 Å². The van der Waals surface area contributed by atoms with Crippen molar-refractivity contribution in [3.05, 3.63) is 49.6 Å². The minimum Gasteiger partial charge on any atom is -0.364 e. The Hall–Kier alpha value is -1.28. The molecule has 0 fully saturated rings. The molecule has 0 bridgehead atoms. The number of nitrogens with zero attached hydrogens (tertiary/aromatic N) is 1. The Bertz CT molecular complexity index is 293. The van der Waals surface area contributed by atoms with Crippen LogP contribution in [0.2, 0.25) is 0 Å². The van der Waals surface area contributed by atoms with Gasteiger partial charge in [-0.05, 0) is 12.1 Å². The molecule has 0 aliphatic rings. The maximum absolute atomic E-state index is 3.76. The van der Waals surface area contributed by atoms with Crippen LogP contribution in [0.4, 0.5) is 5.69 Å². The van der Waals surface area contributed by atoms with Crippen LogP contribution in [0, 0.1) is 0 Å². The van der Waals surface area contributed by atoms with Crippen LogP contribution in [-0.2, 0) is 0 Å². The predicted molar refractivity (Wildman–Crippen MR) is 68.6 cm³/mol. The highest BCUT2D eigenvalue weighted by molar-refractivity contribution is 6.32. The van der Waals surface area contributed by atoms with Crippen molar-refractivity contribution in [1.82, 2.24) is 0 Å². The lowest BCUT2D eigenvalue weighted by Crippen LogP contribution is -2.23. The molecule has 0 spiro atoms. The van der Waals surface area contributed by atoms with Gasteiger partial charge in [-0.3, -0.25) is 0 Å². The molecule has 0 saturated carbocycles. The first-order valence-corrected chi connectivity index (χ1v) is 5.81. The third-order valence-corrected chi connectivity index (χ3v) is 2.76. The minimum absolute atomic E-state index is 0.868. The lowest BCUT2D eigenvalue weighted by atomic mass is 10.3. The smallest absolute Gasteiger partial charge is 0.0384 e. The molecule has 0 aliphatic heterocycles. The normalized spacial score (nSPS) is 9.71. The van der Waals surface area contributed by atoms with E-state index in [0.29, 0.717) is 0 Å². The zero-order valence-electron chi connectivity index (χ0n) is 8.74. The zero-order valence-corrected chi connectivity index (χ0v) is 10.7. The Labute approximate surface area is 89.2 Å². The third-order valence-electron chi connectivity index (χ3n) is 2.10. The van der Waals surface area contributed by atoms with Crippen LogP contribution in [0.5, 0.6) is 0 Å². The topological polar surface area (TPSA) is 3.24 Å². The molecule has 1 nitrogen and oxygen atoms in total. The summed E-state index contributed by atoms with van der Waals surface area (Å²) in [7, 11) is 1.11. The van der Waals surface area contributed by atoms with Crippen molar-refractivity contribution >= 4 is 21.1 Å². The van der Waals surface area contributed by atoms with Crippen molar-refractivity contribution in [2.24, 2.45) is 0 Å². The van der Waals surface area contributed by atoms with E-state index in [1.807, 2.05) is 12.2 Å². The molecular weight excluding hydrogens is 186 g/mol. The highest BCUT2D eigenvalue weighted by Crippen LogP contribution is 2.11. The van der Waals surface area contributed by atoms with Gasteiger partial charge in [-0.25, -0.2) is 0 Å². The van der Waals surface area contributed by atoms with Crippen molar-refractivity contribution in [2.75, 3.05) is 18.0 Å². The van der Waals surface area contributed by atoms with Crippen LogP contribution in [0.25, 0.3) is 0 Å². The van der Waals surface area contributed by atoms with E-state index in [1.165, 1.54) is 10.9 Å². The molecule has 74 valence electrons. The minimum atomic E-state index is 0.868. The molecule has 0 heterocycles. The number of hydrogen-bond acceptors (Lipinski definition) is 1. The van der Waals surface area contributed by atoms with E-state index in [4.69, 9.17) is 0 Å². The second-order valence-corrected chi connectivity index (χ2v) is 4.47. The van der Waals surface area contributed by atoms with Crippen LogP contribution in [0.15, 0.2) is 49.6 Å². The van der Waals surface area contributed by atoms with Crippen LogP contribution >= 0.6 is 0 Å². The highest BCUT2D eigenvalue weighted by Gasteiger charge is 2.00. The summed E-state index contributed by atoms with van der Waals surface area (Å²) in [5, 5.41) is 1.42. The summed E-state index contributed by atoms with van der Waals surface area (Å²) in [6.07, 6.45) is 3.83. The predicted octanol–water partition coefficient (Wildman–Crippen LogP) is 0.856. The Morgan fingerprint density at radius 1 is 1.07 bits per heavy atom. The van der Waals surface area contributed by atoms with E-state index in [0.717, 1.165) is 23.3 Å². The van der Waals surface area contributed by atoms with E-state index in [9.17, 15) is 0 Å². The van der Waals surface area contributed by atoms with Gasteiger partial charge in [-0.1, -0.05) is 29.5 Å². The van der Waals surface area contributed by atoms with Gasteiger partial charge in [0.1, 0.15) is 0 Å². The van der Waals surface area contributed by atoms with E-state index < -0.39 is 0 Å². The molecule has 2 heteroatoms. The van der Waals surface area contributed by atoms with E-state index in [-0.39, 0.29) is 0 Å². The molecule has 14 heavy (non-hydrogen) atoms. The van der Waals surface area contributed by atoms with Crippen molar-refractivity contribution < 1.29 is 0 Å². The Morgan fingerprint density at radius 2 is 1.57 bits per heavy atom. The second-order valence-electron chi connectivity index (χ2n) is 3.32. The standard InChI is InChI=1S/C12H17NSi/c1-3-9-13(10-4-2)11-5-7-12(14)8-6-11/h3-8H,1-2,9-10H2,14H3. The quantitative estimate of drug-likeness (QED) is 0.507. The molecular formula is C12H17NSi. The van der Waals surface area contributed by atoms with Crippen molar-refractivity contribution in [3.8, 4) is 0 Å². The first kappa shape index (κ1) is 10.8. The summed E-state index contributed by atoms with van der Waals surface area (Å²) in [6, 6.07) is 8.69. The fourth-order valence-corrected chi connectivity index (χ4v) is 1.69. The summed E-state index contributed by atoms with van der Waals surface area (Å²) in [5.41, 5.74) is 1.24. The van der Waals surface area contributed by atoms with E-state index in [2.05, 4.69) is 42.3 Å². The largest absolute Gasteiger partial charge is 0.364 e. The van der Waals surface area contributed by atoms with Crippen molar-refractivity contribution in [2.45, 2.75) is 0 Å². The summed E-state index contributed by atoms with van der Waals surface area (Å²) in [4.78, 5) is 2.24. The van der Waals surface area contributed by atoms with E-state index >= 15 is 0 Å². The van der Waals surface area contributed by atoms with Crippen molar-refractivity contribution in [1.29, 1.82) is 0 Å². The summed E-state index contributed by atoms with van der Waals surface area (Å²) >= 11 is 0. The molecule has 0 aliphatic carbocycles. The lowest BCUT2D eigenvalue weighted by Gasteiger charge is -2.21. The molecule has 0 radical (unpaired) electrons. The van der Waals surface area contributed by atoms with Gasteiger partial charge in [0.05, 0.1) is 0 Å². The van der Waals surface area contributed by atoms with E-state index in [1.54, 1.807) is 0 Å². The number of anilines is 1. The molecule has 0 N–H and O–H groups in total. The SMILES string of the molecule is C=CCN(CC=C)c1ccc([SiH3])cc1. The van der Waals surface area contributed by atoms with Gasteiger partial charge in [-0.15, -0.1) is 13.2 Å². The maximum Gasteiger partial charge on any atom is 0.0384 e. The first-order valence-electron chi connectivity index (χ1n) is 4.81. The fourth-order valence-electron chi connectivity index (χ4n) is 1.35. The molecule has 0 amide bonds. The second kappa shape index (κ2) is 5.45. The number of benzene rings is 1. The molecule has 1 rings (SSSR count). The van der Waals surface area contributed by atoms with Crippen LogP contribution < -0.4 is 10.1 Å². The molecule has 0 saturated heterocycles. The van der Waals surface area contributed by atoms with Gasteiger partial charge in [0.15, 0.2) is 0 Å². The van der Waals surface area contributed by atoms with Gasteiger partial charge in [0.25, 0.3) is 0 Å². The average Bonchev–Trinajstić information content (AvgIpc) is 2.19. The van der Waals surface area contributed by atoms with Crippen molar-refractivity contribution in [3.63, 3.8) is 0 Å². The summed E-state index contributed by atoms with van der Waals surface area (Å²) in [6.45, 7) is 9.25. The Kier molecular flexibility index (Phi) is 4.20. The Morgan fingerprint density at radius 3 is 2.00 bits per heavy atom. The molecule has 0 unspecified atom stereocenters. The molecule has 1 aromatic rings. The Balaban J connectivity index is 2.80. The summed E-state index contributed by atoms with van der Waals surface area (Å²) < 4.78 is 0. The summed E-state index contributed by atoms with van der Waals surface area (Å²) in [5.74, 6) is 0. The van der Waals surface area contributed by atoms with Gasteiger partial charge >= 0.3 is 0 Å². The molecule has 1 aromatic carbocycles. The fraction of sp³-hybridized carbons (Fsp3) is 0.167. The first-order chi connectivity index (χ1) is 6.77. The lowest BCUT2D eigenvalue weighted by molar-refractivity contribution is 0.957. The zero-order chi connectivity index (χ0) is 10.4. The number of hydrogen-bond donors (Lipinski definition) is 0. The highest BCUT2D eigenvalue weighted by atomic mass is 28.1. The maximum atomic E-state index is 3.76. The number of rotatable bonds is 5. The van der Waals surface area contributed by atoms with Gasteiger partial charge in [0, 0.05) is 29.0 Å². The third kappa shape index (κ3) is 2.89. The molecule has 0 aromatic heterocycles.